The van der Waals surface area contributed by atoms with Crippen LogP contribution < -0.4 is 0 Å². The van der Waals surface area contributed by atoms with Crippen molar-refractivity contribution in [1.82, 2.24) is 14.8 Å². The van der Waals surface area contributed by atoms with Crippen molar-refractivity contribution in [3.63, 3.8) is 0 Å². The van der Waals surface area contributed by atoms with Crippen molar-refractivity contribution in [3.8, 4) is 0 Å². The largest absolute Gasteiger partial charge is 0.469 e. The van der Waals surface area contributed by atoms with Crippen LogP contribution in [0.3, 0.4) is 0 Å². The molecule has 2 fully saturated rings. The third kappa shape index (κ3) is 3.37. The number of carbonyl (C=O) groups excluding carboxylic acids is 3. The van der Waals surface area contributed by atoms with E-state index in [0.717, 1.165) is 16.5 Å². The van der Waals surface area contributed by atoms with Gasteiger partial charge in [-0.3, -0.25) is 14.4 Å². The van der Waals surface area contributed by atoms with Crippen molar-refractivity contribution in [1.29, 1.82) is 0 Å². The van der Waals surface area contributed by atoms with Gasteiger partial charge in [0.25, 0.3) is 0 Å². The molecule has 0 spiro atoms. The van der Waals surface area contributed by atoms with Gasteiger partial charge in [0.2, 0.25) is 11.8 Å². The van der Waals surface area contributed by atoms with E-state index in [0.29, 0.717) is 45.3 Å². The third-order valence-corrected chi connectivity index (χ3v) is 5.97. The second kappa shape index (κ2) is 7.66. The highest BCUT2D eigenvalue weighted by Crippen LogP contribution is 2.28. The number of amides is 2. The number of para-hydroxylation sites is 1. The van der Waals surface area contributed by atoms with Crippen LogP contribution in [-0.2, 0) is 25.7 Å². The van der Waals surface area contributed by atoms with E-state index >= 15 is 0 Å². The molecule has 0 saturated carbocycles. The van der Waals surface area contributed by atoms with Gasteiger partial charge in [0.15, 0.2) is 0 Å². The smallest absolute Gasteiger partial charge is 0.308 e. The van der Waals surface area contributed by atoms with E-state index in [1.54, 1.807) is 9.80 Å². The average molecular weight is 383 g/mol. The van der Waals surface area contributed by atoms with Crippen molar-refractivity contribution in [2.45, 2.75) is 38.3 Å². The van der Waals surface area contributed by atoms with Crippen LogP contribution >= 0.6 is 0 Å². The van der Waals surface area contributed by atoms with Crippen LogP contribution in [0.4, 0.5) is 0 Å². The number of nitrogens with one attached hydrogen (secondary N) is 1. The van der Waals surface area contributed by atoms with E-state index in [4.69, 9.17) is 4.74 Å². The lowest BCUT2D eigenvalue weighted by Gasteiger charge is -2.34. The molecule has 1 N–H and O–H groups in total. The molecule has 1 aromatic carbocycles. The molecule has 1 atom stereocenters. The second-order valence-corrected chi connectivity index (χ2v) is 7.56. The molecular weight excluding hydrogens is 358 g/mol. The minimum absolute atomic E-state index is 0.00555. The normalized spacial score (nSPS) is 20.8. The summed E-state index contributed by atoms with van der Waals surface area (Å²) in [6.45, 7) is 1.49. The van der Waals surface area contributed by atoms with Gasteiger partial charge in [-0.15, -0.1) is 0 Å². The summed E-state index contributed by atoms with van der Waals surface area (Å²) in [6, 6.07) is 7.54. The Labute approximate surface area is 163 Å². The Kier molecular flexibility index (Phi) is 5.07. The number of fused-ring (bicyclic) bond motifs is 1. The fraction of sp³-hybridized carbons (Fsp3) is 0.476. The van der Waals surface area contributed by atoms with Crippen molar-refractivity contribution in [2.75, 3.05) is 20.2 Å². The Morgan fingerprint density at radius 1 is 1.18 bits per heavy atom. The molecule has 1 unspecified atom stereocenters. The number of methoxy groups -OCH3 is 1. The minimum Gasteiger partial charge on any atom is -0.469 e. The lowest BCUT2D eigenvalue weighted by Crippen LogP contribution is -2.49. The summed E-state index contributed by atoms with van der Waals surface area (Å²) >= 11 is 0. The van der Waals surface area contributed by atoms with Gasteiger partial charge in [-0.25, -0.2) is 0 Å². The van der Waals surface area contributed by atoms with Crippen molar-refractivity contribution in [3.05, 3.63) is 36.0 Å². The quantitative estimate of drug-likeness (QED) is 0.820. The maximum atomic E-state index is 13.1. The highest BCUT2D eigenvalue weighted by Gasteiger charge is 2.39. The predicted molar refractivity (Wildman–Crippen MR) is 103 cm³/mol. The molecule has 7 nitrogen and oxygen atoms in total. The molecule has 2 amide bonds. The summed E-state index contributed by atoms with van der Waals surface area (Å²) in [5, 5.41) is 1.08. The summed E-state index contributed by atoms with van der Waals surface area (Å²) in [4.78, 5) is 44.0. The van der Waals surface area contributed by atoms with Gasteiger partial charge in [0.1, 0.15) is 6.04 Å². The van der Waals surface area contributed by atoms with Gasteiger partial charge < -0.3 is 19.5 Å². The van der Waals surface area contributed by atoms with Crippen LogP contribution in [0, 0.1) is 5.92 Å². The Morgan fingerprint density at radius 3 is 2.68 bits per heavy atom. The van der Waals surface area contributed by atoms with E-state index in [1.807, 2.05) is 30.5 Å². The van der Waals surface area contributed by atoms with Gasteiger partial charge in [-0.1, -0.05) is 18.2 Å². The summed E-state index contributed by atoms with van der Waals surface area (Å²) in [6.07, 6.45) is 4.09. The van der Waals surface area contributed by atoms with E-state index in [-0.39, 0.29) is 23.7 Å². The number of H-pyrrole nitrogens is 1. The fourth-order valence-corrected chi connectivity index (χ4v) is 4.35. The summed E-state index contributed by atoms with van der Waals surface area (Å²) in [5.41, 5.74) is 2.05. The van der Waals surface area contributed by atoms with Gasteiger partial charge in [0.05, 0.1) is 13.0 Å². The lowest BCUT2D eigenvalue weighted by molar-refractivity contribution is -0.150. The molecule has 2 aliphatic rings. The molecular formula is C21H25N3O4. The van der Waals surface area contributed by atoms with Gasteiger partial charge in [-0.2, -0.15) is 0 Å². The van der Waals surface area contributed by atoms with Crippen LogP contribution in [-0.4, -0.2) is 58.8 Å². The average Bonchev–Trinajstić information content (AvgIpc) is 3.31. The molecule has 4 rings (SSSR count). The first-order chi connectivity index (χ1) is 13.6. The molecule has 3 heterocycles. The highest BCUT2D eigenvalue weighted by molar-refractivity contribution is 5.91. The minimum atomic E-state index is -0.421. The number of esters is 1. The van der Waals surface area contributed by atoms with Crippen LogP contribution in [0.15, 0.2) is 30.5 Å². The maximum Gasteiger partial charge on any atom is 0.308 e. The van der Waals surface area contributed by atoms with Crippen LogP contribution in [0.25, 0.3) is 10.9 Å². The van der Waals surface area contributed by atoms with Gasteiger partial charge >= 0.3 is 5.97 Å². The first kappa shape index (κ1) is 18.5. The van der Waals surface area contributed by atoms with Crippen molar-refractivity contribution < 1.29 is 19.1 Å². The van der Waals surface area contributed by atoms with Crippen LogP contribution in [0.5, 0.6) is 0 Å². The maximum absolute atomic E-state index is 13.1. The van der Waals surface area contributed by atoms with Gasteiger partial charge in [0, 0.05) is 43.2 Å². The van der Waals surface area contributed by atoms with E-state index in [9.17, 15) is 14.4 Å². The predicted octanol–water partition coefficient (Wildman–Crippen LogP) is 2.07. The number of nitrogens with zero attached hydrogens (tertiary/aromatic N) is 2. The molecule has 2 aromatic rings. The number of aromatic amines is 1. The first-order valence-corrected chi connectivity index (χ1v) is 9.79. The van der Waals surface area contributed by atoms with Crippen molar-refractivity contribution in [2.24, 2.45) is 5.92 Å². The fourth-order valence-electron chi connectivity index (χ4n) is 4.35. The number of likely N-dealkylation sites (tertiary alicyclic amines) is 2. The highest BCUT2D eigenvalue weighted by atomic mass is 16.5. The molecule has 1 aromatic heterocycles. The molecule has 2 saturated heterocycles. The standard InChI is InChI=1S/C21H25N3O4/c1-28-21(27)14-8-10-23(11-9-14)20(26)18-6-7-19(25)24(18)13-15-12-22-17-5-3-2-4-16(15)17/h2-5,12,14,18,22H,6-11,13H2,1H3. The Morgan fingerprint density at radius 2 is 1.93 bits per heavy atom. The monoisotopic (exact) mass is 383 g/mol. The zero-order chi connectivity index (χ0) is 19.7. The molecule has 7 heteroatoms. The SMILES string of the molecule is COC(=O)C1CCN(C(=O)C2CCC(=O)N2Cc2c[nH]c3ccccc23)CC1. The number of piperidine rings is 1. The number of carbonyl (C=O) groups is 3. The zero-order valence-corrected chi connectivity index (χ0v) is 16.0. The number of hydrogen-bond acceptors (Lipinski definition) is 4. The Bertz CT molecular complexity index is 898. The van der Waals surface area contributed by atoms with E-state index in [2.05, 4.69) is 4.98 Å². The van der Waals surface area contributed by atoms with E-state index < -0.39 is 6.04 Å². The zero-order valence-electron chi connectivity index (χ0n) is 16.0. The number of benzene rings is 1. The molecule has 148 valence electrons. The van der Waals surface area contributed by atoms with Crippen molar-refractivity contribution >= 4 is 28.7 Å². The number of hydrogen-bond donors (Lipinski definition) is 1. The first-order valence-electron chi connectivity index (χ1n) is 9.79. The van der Waals surface area contributed by atoms with E-state index in [1.165, 1.54) is 7.11 Å². The molecule has 0 aliphatic carbocycles. The molecule has 28 heavy (non-hydrogen) atoms. The molecule has 0 radical (unpaired) electrons. The molecule has 0 bridgehead atoms. The number of rotatable bonds is 4. The summed E-state index contributed by atoms with van der Waals surface area (Å²) in [7, 11) is 1.40. The number of ether oxygens (including phenoxy) is 1. The van der Waals surface area contributed by atoms with Crippen LogP contribution in [0.2, 0.25) is 0 Å². The lowest BCUT2D eigenvalue weighted by atomic mass is 9.96. The summed E-state index contributed by atoms with van der Waals surface area (Å²) in [5.74, 6) is -0.326. The van der Waals surface area contributed by atoms with Gasteiger partial charge in [-0.05, 0) is 30.9 Å². The Balaban J connectivity index is 1.46. The third-order valence-electron chi connectivity index (χ3n) is 5.97. The topological polar surface area (TPSA) is 82.7 Å². The van der Waals surface area contributed by atoms with Crippen LogP contribution in [0.1, 0.15) is 31.2 Å². The Hall–Kier alpha value is -2.83. The summed E-state index contributed by atoms with van der Waals surface area (Å²) < 4.78 is 4.81. The second-order valence-electron chi connectivity index (χ2n) is 7.56. The number of aromatic nitrogens is 1. The molecule has 2 aliphatic heterocycles.